The van der Waals surface area contributed by atoms with Crippen LogP contribution in [0, 0.1) is 0 Å². The molecule has 0 radical (unpaired) electrons. The fraction of sp³-hybridized carbons (Fsp3) is 0.533. The van der Waals surface area contributed by atoms with Crippen LogP contribution >= 0.6 is 11.8 Å². The molecule has 1 saturated carbocycles. The average molecular weight is 294 g/mol. The zero-order valence-electron chi connectivity index (χ0n) is 11.8. The molecule has 110 valence electrons. The van der Waals surface area contributed by atoms with Gasteiger partial charge in [-0.3, -0.25) is 0 Å². The van der Waals surface area contributed by atoms with Gasteiger partial charge in [-0.05, 0) is 36.8 Å². The van der Waals surface area contributed by atoms with Crippen LogP contribution in [0.2, 0.25) is 0 Å². The number of thioether (sulfide) groups is 1. The van der Waals surface area contributed by atoms with Crippen LogP contribution in [0.1, 0.15) is 31.2 Å². The molecule has 2 atom stereocenters. The molecule has 1 aliphatic carbocycles. The van der Waals surface area contributed by atoms with Crippen LogP contribution in [-0.4, -0.2) is 29.5 Å². The highest BCUT2D eigenvalue weighted by molar-refractivity contribution is 7.97. The van der Waals surface area contributed by atoms with Crippen LogP contribution in [0.25, 0.3) is 0 Å². The van der Waals surface area contributed by atoms with E-state index in [1.165, 1.54) is 5.56 Å². The van der Waals surface area contributed by atoms with Crippen molar-refractivity contribution in [3.05, 3.63) is 29.8 Å². The van der Waals surface area contributed by atoms with Gasteiger partial charge in [0.25, 0.3) is 0 Å². The van der Waals surface area contributed by atoms with E-state index in [-0.39, 0.29) is 12.1 Å². The topological polar surface area (TPSA) is 61.4 Å². The van der Waals surface area contributed by atoms with E-state index >= 15 is 0 Å². The Hall–Kier alpha value is -1.20. The Bertz CT molecular complexity index is 436. The molecule has 4 nitrogen and oxygen atoms in total. The van der Waals surface area contributed by atoms with Crippen molar-refractivity contribution in [3.8, 4) is 0 Å². The Labute approximate surface area is 124 Å². The maximum atomic E-state index is 11.9. The van der Waals surface area contributed by atoms with Crippen LogP contribution in [0.15, 0.2) is 24.3 Å². The first-order chi connectivity index (χ1) is 9.69. The van der Waals surface area contributed by atoms with Crippen molar-refractivity contribution in [2.24, 2.45) is 0 Å². The summed E-state index contributed by atoms with van der Waals surface area (Å²) in [6.07, 6.45) is 5.37. The Morgan fingerprint density at radius 2 is 2.00 bits per heavy atom. The lowest BCUT2D eigenvalue weighted by Crippen LogP contribution is -2.46. The fourth-order valence-corrected chi connectivity index (χ4v) is 2.99. The molecular weight excluding hydrogens is 272 g/mol. The number of carbonyl (C=O) groups is 1. The van der Waals surface area contributed by atoms with Gasteiger partial charge in [-0.15, -0.1) is 0 Å². The number of aliphatic hydroxyl groups excluding tert-OH is 1. The molecule has 0 aliphatic heterocycles. The summed E-state index contributed by atoms with van der Waals surface area (Å²) in [5.41, 5.74) is 2.02. The summed E-state index contributed by atoms with van der Waals surface area (Å²) in [5.74, 6) is 0.973. The van der Waals surface area contributed by atoms with Gasteiger partial charge in [0.15, 0.2) is 0 Å². The number of hydrogen-bond acceptors (Lipinski definition) is 3. The third-order valence-corrected chi connectivity index (χ3v) is 4.19. The minimum Gasteiger partial charge on any atom is -0.391 e. The monoisotopic (exact) mass is 294 g/mol. The highest BCUT2D eigenvalue weighted by atomic mass is 32.2. The second-order valence-electron chi connectivity index (χ2n) is 5.19. The molecule has 2 unspecified atom stereocenters. The number of carbonyl (C=O) groups excluding carboxylic acids is 1. The summed E-state index contributed by atoms with van der Waals surface area (Å²) in [7, 11) is 0. The van der Waals surface area contributed by atoms with Gasteiger partial charge in [-0.25, -0.2) is 4.79 Å². The van der Waals surface area contributed by atoms with Crippen LogP contribution < -0.4 is 10.6 Å². The summed E-state index contributed by atoms with van der Waals surface area (Å²) < 4.78 is 0. The summed E-state index contributed by atoms with van der Waals surface area (Å²) in [4.78, 5) is 11.9. The molecule has 2 amide bonds. The van der Waals surface area contributed by atoms with Gasteiger partial charge < -0.3 is 15.7 Å². The third-order valence-electron chi connectivity index (χ3n) is 3.57. The maximum absolute atomic E-state index is 11.9. The molecule has 1 fully saturated rings. The second kappa shape index (κ2) is 7.55. The molecule has 1 aliphatic rings. The van der Waals surface area contributed by atoms with Crippen molar-refractivity contribution >= 4 is 23.5 Å². The number of anilines is 1. The van der Waals surface area contributed by atoms with Gasteiger partial charge in [0.05, 0.1) is 12.1 Å². The van der Waals surface area contributed by atoms with Crippen LogP contribution in [-0.2, 0) is 5.75 Å². The van der Waals surface area contributed by atoms with E-state index in [0.717, 1.165) is 37.1 Å². The van der Waals surface area contributed by atoms with E-state index < -0.39 is 6.10 Å². The van der Waals surface area contributed by atoms with Crippen LogP contribution in [0.4, 0.5) is 10.5 Å². The second-order valence-corrected chi connectivity index (χ2v) is 6.05. The molecule has 1 aromatic rings. The zero-order valence-corrected chi connectivity index (χ0v) is 12.6. The van der Waals surface area contributed by atoms with Crippen LogP contribution in [0.3, 0.4) is 0 Å². The lowest BCUT2D eigenvalue weighted by Gasteiger charge is -2.28. The molecule has 5 heteroatoms. The van der Waals surface area contributed by atoms with Crippen molar-refractivity contribution in [1.82, 2.24) is 5.32 Å². The predicted molar refractivity (Wildman–Crippen MR) is 84.1 cm³/mol. The van der Waals surface area contributed by atoms with E-state index in [4.69, 9.17) is 0 Å². The van der Waals surface area contributed by atoms with E-state index in [1.807, 2.05) is 24.3 Å². The standard InChI is InChI=1S/C15H22N2O2S/c1-20-10-11-6-8-12(9-7-11)16-15(19)17-13-4-2-3-5-14(13)18/h6-9,13-14,18H,2-5,10H2,1H3,(H2,16,17,19). The Morgan fingerprint density at radius 3 is 2.65 bits per heavy atom. The summed E-state index contributed by atoms with van der Waals surface area (Å²) in [5, 5.41) is 15.5. The van der Waals surface area contributed by atoms with Crippen molar-refractivity contribution in [2.45, 2.75) is 43.6 Å². The van der Waals surface area contributed by atoms with Gasteiger partial charge in [-0.1, -0.05) is 25.0 Å². The van der Waals surface area contributed by atoms with Gasteiger partial charge in [0, 0.05) is 11.4 Å². The van der Waals surface area contributed by atoms with Crippen LogP contribution in [0.5, 0.6) is 0 Å². The summed E-state index contributed by atoms with van der Waals surface area (Å²) in [6.45, 7) is 0. The smallest absolute Gasteiger partial charge is 0.319 e. The molecule has 3 N–H and O–H groups in total. The quantitative estimate of drug-likeness (QED) is 0.800. The number of nitrogens with one attached hydrogen (secondary N) is 2. The fourth-order valence-electron chi connectivity index (χ4n) is 2.47. The van der Waals surface area contributed by atoms with Gasteiger partial charge in [-0.2, -0.15) is 11.8 Å². The average Bonchev–Trinajstić information content (AvgIpc) is 2.44. The first kappa shape index (κ1) is 15.2. The predicted octanol–water partition coefficient (Wildman–Crippen LogP) is 2.97. The van der Waals surface area contributed by atoms with E-state index in [9.17, 15) is 9.90 Å². The normalized spacial score (nSPS) is 22.3. The minimum atomic E-state index is -0.418. The number of urea groups is 1. The van der Waals surface area contributed by atoms with Crippen molar-refractivity contribution in [3.63, 3.8) is 0 Å². The molecule has 0 heterocycles. The first-order valence-electron chi connectivity index (χ1n) is 7.02. The van der Waals surface area contributed by atoms with Gasteiger partial charge in [0.2, 0.25) is 0 Å². The first-order valence-corrected chi connectivity index (χ1v) is 8.42. The Kier molecular flexibility index (Phi) is 5.73. The lowest BCUT2D eigenvalue weighted by molar-refractivity contribution is 0.0955. The summed E-state index contributed by atoms with van der Waals surface area (Å²) >= 11 is 1.77. The van der Waals surface area contributed by atoms with E-state index in [0.29, 0.717) is 0 Å². The molecular formula is C15H22N2O2S. The minimum absolute atomic E-state index is 0.125. The Balaban J connectivity index is 1.84. The molecule has 0 saturated heterocycles. The van der Waals surface area contributed by atoms with Gasteiger partial charge >= 0.3 is 6.03 Å². The number of rotatable bonds is 4. The van der Waals surface area contributed by atoms with Crippen molar-refractivity contribution in [1.29, 1.82) is 0 Å². The molecule has 2 rings (SSSR count). The summed E-state index contributed by atoms with van der Waals surface area (Å²) in [6, 6.07) is 7.47. The largest absolute Gasteiger partial charge is 0.391 e. The molecule has 20 heavy (non-hydrogen) atoms. The molecule has 0 bridgehead atoms. The number of amides is 2. The maximum Gasteiger partial charge on any atom is 0.319 e. The molecule has 1 aromatic carbocycles. The van der Waals surface area contributed by atoms with E-state index in [2.05, 4.69) is 16.9 Å². The molecule has 0 spiro atoms. The highest BCUT2D eigenvalue weighted by Crippen LogP contribution is 2.18. The third kappa shape index (κ3) is 4.42. The number of benzene rings is 1. The van der Waals surface area contributed by atoms with Gasteiger partial charge in [0.1, 0.15) is 0 Å². The SMILES string of the molecule is CSCc1ccc(NC(=O)NC2CCCCC2O)cc1. The zero-order chi connectivity index (χ0) is 14.4. The van der Waals surface area contributed by atoms with E-state index in [1.54, 1.807) is 11.8 Å². The molecule has 0 aromatic heterocycles. The number of hydrogen-bond donors (Lipinski definition) is 3. The lowest BCUT2D eigenvalue weighted by atomic mass is 9.93. The highest BCUT2D eigenvalue weighted by Gasteiger charge is 2.24. The van der Waals surface area contributed by atoms with Crippen molar-refractivity contribution < 1.29 is 9.90 Å². The van der Waals surface area contributed by atoms with Crippen molar-refractivity contribution in [2.75, 3.05) is 11.6 Å². The number of aliphatic hydroxyl groups is 1. The Morgan fingerprint density at radius 1 is 1.30 bits per heavy atom.